The molecule has 0 spiro atoms. The molecule has 1 aliphatic heterocycles. The molecule has 3 atom stereocenters. The first kappa shape index (κ1) is 32.8. The molecule has 0 aliphatic carbocycles. The normalized spacial score (nSPS) is 15.3. The molecule has 234 valence electrons. The second-order valence-electron chi connectivity index (χ2n) is 12.8. The predicted octanol–water partition coefficient (Wildman–Crippen LogP) is 4.26. The van der Waals surface area contributed by atoms with E-state index in [1.54, 1.807) is 32.9 Å². The van der Waals surface area contributed by atoms with Gasteiger partial charge in [0.15, 0.2) is 0 Å². The zero-order valence-electron chi connectivity index (χ0n) is 26.1. The van der Waals surface area contributed by atoms with Crippen molar-refractivity contribution < 1.29 is 29.0 Å². The molecule has 9 heteroatoms. The van der Waals surface area contributed by atoms with E-state index < -0.39 is 41.6 Å². The summed E-state index contributed by atoms with van der Waals surface area (Å²) in [6, 6.07) is 18.7. The van der Waals surface area contributed by atoms with Crippen LogP contribution in [-0.4, -0.2) is 70.6 Å². The van der Waals surface area contributed by atoms with Crippen molar-refractivity contribution in [1.82, 2.24) is 15.5 Å². The van der Waals surface area contributed by atoms with Crippen LogP contribution in [0.3, 0.4) is 0 Å². The maximum atomic E-state index is 13.4. The summed E-state index contributed by atoms with van der Waals surface area (Å²) in [4.78, 5) is 54.5. The number of nitrogens with one attached hydrogen (secondary N) is 2. The van der Waals surface area contributed by atoms with Crippen LogP contribution in [0, 0.1) is 5.92 Å². The maximum absolute atomic E-state index is 13.4. The van der Waals surface area contributed by atoms with Gasteiger partial charge in [0.05, 0.1) is 23.3 Å². The molecule has 1 unspecified atom stereocenters. The summed E-state index contributed by atoms with van der Waals surface area (Å²) >= 11 is 0. The van der Waals surface area contributed by atoms with E-state index in [0.29, 0.717) is 24.0 Å². The first-order valence-electron chi connectivity index (χ1n) is 15.2. The van der Waals surface area contributed by atoms with Crippen LogP contribution in [0.25, 0.3) is 10.8 Å². The lowest BCUT2D eigenvalue weighted by atomic mass is 10.0. The van der Waals surface area contributed by atoms with Gasteiger partial charge in [-0.3, -0.25) is 29.4 Å². The molecule has 44 heavy (non-hydrogen) atoms. The summed E-state index contributed by atoms with van der Waals surface area (Å²) in [5.74, 6) is -1.65. The lowest BCUT2D eigenvalue weighted by Gasteiger charge is -2.29. The standard InChI is InChI=1S/C35H43N3O6/c1-22(2)17-30(31(40)36-21-26(39)18-23-11-7-6-8-12-23)37-29(34(43)44-35(3,4)5)15-16-38-32(41)27-19-24-13-9-10-14-25(24)20-28(27)33(38)42/h6-14,19-20,22,26,29-30,37,39H,15-18,21H2,1-5H3,(H,36,40)/t26?,29-,30+/m1/s1. The van der Waals surface area contributed by atoms with E-state index in [0.717, 1.165) is 21.2 Å². The number of aliphatic hydroxyl groups excluding tert-OH is 1. The van der Waals surface area contributed by atoms with Gasteiger partial charge in [-0.1, -0.05) is 68.4 Å². The molecule has 9 nitrogen and oxygen atoms in total. The summed E-state index contributed by atoms with van der Waals surface area (Å²) in [7, 11) is 0. The summed E-state index contributed by atoms with van der Waals surface area (Å²) in [5.41, 5.74) is 0.838. The SMILES string of the molecule is CC(C)C[C@H](N[C@H](CCN1C(=O)c2cc3ccccc3cc2C1=O)C(=O)OC(C)(C)C)C(=O)NCC(O)Cc1ccccc1. The molecule has 0 bridgehead atoms. The summed E-state index contributed by atoms with van der Waals surface area (Å²) < 4.78 is 5.67. The van der Waals surface area contributed by atoms with Crippen LogP contribution in [0.5, 0.6) is 0 Å². The van der Waals surface area contributed by atoms with Crippen molar-refractivity contribution in [1.29, 1.82) is 0 Å². The van der Waals surface area contributed by atoms with Crippen molar-refractivity contribution in [2.24, 2.45) is 5.92 Å². The van der Waals surface area contributed by atoms with Gasteiger partial charge in [-0.25, -0.2) is 0 Å². The van der Waals surface area contributed by atoms with Crippen LogP contribution < -0.4 is 10.6 Å². The number of fused-ring (bicyclic) bond motifs is 2. The highest BCUT2D eigenvalue weighted by molar-refractivity contribution is 6.23. The van der Waals surface area contributed by atoms with Crippen molar-refractivity contribution in [3.05, 3.63) is 83.4 Å². The Morgan fingerprint density at radius 3 is 2.00 bits per heavy atom. The van der Waals surface area contributed by atoms with E-state index in [1.807, 2.05) is 68.4 Å². The number of hydrogen-bond acceptors (Lipinski definition) is 7. The largest absolute Gasteiger partial charge is 0.459 e. The Morgan fingerprint density at radius 1 is 0.886 bits per heavy atom. The molecule has 0 aromatic heterocycles. The smallest absolute Gasteiger partial charge is 0.323 e. The quantitative estimate of drug-likeness (QED) is 0.198. The van der Waals surface area contributed by atoms with E-state index in [9.17, 15) is 24.3 Å². The Hall–Kier alpha value is -4.08. The number of esters is 1. The molecule has 1 aliphatic rings. The molecule has 0 radical (unpaired) electrons. The first-order valence-corrected chi connectivity index (χ1v) is 15.2. The Kier molecular flexibility index (Phi) is 10.5. The first-order chi connectivity index (χ1) is 20.8. The fraction of sp³-hybridized carbons (Fsp3) is 0.429. The predicted molar refractivity (Wildman–Crippen MR) is 169 cm³/mol. The average molecular weight is 602 g/mol. The highest BCUT2D eigenvalue weighted by Crippen LogP contribution is 2.28. The van der Waals surface area contributed by atoms with E-state index in [4.69, 9.17) is 4.74 Å². The topological polar surface area (TPSA) is 125 Å². The molecule has 3 aromatic rings. The van der Waals surface area contributed by atoms with Gasteiger partial charge in [-0.05, 0) is 68.0 Å². The molecule has 3 aromatic carbocycles. The minimum atomic E-state index is -0.971. The van der Waals surface area contributed by atoms with Gasteiger partial charge < -0.3 is 15.2 Å². The van der Waals surface area contributed by atoms with Crippen LogP contribution in [0.2, 0.25) is 0 Å². The lowest BCUT2D eigenvalue weighted by Crippen LogP contribution is -2.54. The third kappa shape index (κ3) is 8.51. The second kappa shape index (κ2) is 14.1. The number of carbonyl (C=O) groups excluding carboxylic acids is 4. The van der Waals surface area contributed by atoms with Crippen molar-refractivity contribution in [2.75, 3.05) is 13.1 Å². The van der Waals surface area contributed by atoms with Gasteiger partial charge in [-0.15, -0.1) is 0 Å². The minimum absolute atomic E-state index is 0.0363. The third-order valence-electron chi connectivity index (χ3n) is 7.42. The van der Waals surface area contributed by atoms with Crippen molar-refractivity contribution in [2.45, 2.75) is 77.7 Å². The van der Waals surface area contributed by atoms with Crippen LogP contribution >= 0.6 is 0 Å². The number of benzene rings is 3. The van der Waals surface area contributed by atoms with E-state index in [2.05, 4.69) is 10.6 Å². The number of hydrogen-bond donors (Lipinski definition) is 3. The molecular formula is C35H43N3O6. The van der Waals surface area contributed by atoms with Crippen molar-refractivity contribution in [3.63, 3.8) is 0 Å². The van der Waals surface area contributed by atoms with Crippen LogP contribution in [0.15, 0.2) is 66.7 Å². The van der Waals surface area contributed by atoms with Crippen molar-refractivity contribution >= 4 is 34.5 Å². The monoisotopic (exact) mass is 601 g/mol. The summed E-state index contributed by atoms with van der Waals surface area (Å²) in [5, 5.41) is 18.2. The van der Waals surface area contributed by atoms with E-state index in [-0.39, 0.29) is 31.3 Å². The van der Waals surface area contributed by atoms with Gasteiger partial charge >= 0.3 is 5.97 Å². The lowest BCUT2D eigenvalue weighted by molar-refractivity contribution is -0.158. The molecule has 0 saturated carbocycles. The van der Waals surface area contributed by atoms with Gasteiger partial charge in [0, 0.05) is 19.5 Å². The van der Waals surface area contributed by atoms with Crippen LogP contribution in [0.4, 0.5) is 0 Å². The fourth-order valence-corrected chi connectivity index (χ4v) is 5.35. The summed E-state index contributed by atoms with van der Waals surface area (Å²) in [6.07, 6.45) is 0.0747. The number of ether oxygens (including phenoxy) is 1. The summed E-state index contributed by atoms with van der Waals surface area (Å²) in [6.45, 7) is 9.21. The van der Waals surface area contributed by atoms with Gasteiger partial charge in [-0.2, -0.15) is 0 Å². The fourth-order valence-electron chi connectivity index (χ4n) is 5.35. The maximum Gasteiger partial charge on any atom is 0.323 e. The Labute approximate surface area is 259 Å². The number of nitrogens with zero attached hydrogens (tertiary/aromatic N) is 1. The zero-order chi connectivity index (χ0) is 32.0. The number of aliphatic hydroxyl groups is 1. The third-order valence-corrected chi connectivity index (χ3v) is 7.42. The minimum Gasteiger partial charge on any atom is -0.459 e. The van der Waals surface area contributed by atoms with E-state index in [1.165, 1.54) is 0 Å². The Bertz CT molecular complexity index is 1440. The zero-order valence-corrected chi connectivity index (χ0v) is 26.1. The van der Waals surface area contributed by atoms with Crippen molar-refractivity contribution in [3.8, 4) is 0 Å². The molecule has 0 saturated heterocycles. The Balaban J connectivity index is 1.47. The molecule has 4 rings (SSSR count). The second-order valence-corrected chi connectivity index (χ2v) is 12.8. The van der Waals surface area contributed by atoms with Gasteiger partial charge in [0.2, 0.25) is 5.91 Å². The number of carbonyl (C=O) groups is 4. The number of amides is 3. The Morgan fingerprint density at radius 2 is 1.45 bits per heavy atom. The molecule has 1 heterocycles. The average Bonchev–Trinajstić information content (AvgIpc) is 3.19. The van der Waals surface area contributed by atoms with Gasteiger partial charge in [0.25, 0.3) is 11.8 Å². The van der Waals surface area contributed by atoms with Crippen LogP contribution in [0.1, 0.15) is 73.7 Å². The molecule has 3 amide bonds. The number of rotatable bonds is 13. The van der Waals surface area contributed by atoms with E-state index >= 15 is 0 Å². The molecule has 0 fully saturated rings. The number of imide groups is 1. The highest BCUT2D eigenvalue weighted by Gasteiger charge is 2.38. The molecular weight excluding hydrogens is 558 g/mol. The van der Waals surface area contributed by atoms with Gasteiger partial charge in [0.1, 0.15) is 11.6 Å². The molecule has 3 N–H and O–H groups in total. The highest BCUT2D eigenvalue weighted by atomic mass is 16.6. The van der Waals surface area contributed by atoms with Crippen LogP contribution in [-0.2, 0) is 20.7 Å².